The number of sulfone groups is 1. The van der Waals surface area contributed by atoms with Crippen molar-refractivity contribution in [3.05, 3.63) is 22.7 Å². The van der Waals surface area contributed by atoms with Crippen LogP contribution >= 0.6 is 11.6 Å². The van der Waals surface area contributed by atoms with E-state index < -0.39 is 43.0 Å². The van der Waals surface area contributed by atoms with Crippen LogP contribution in [0, 0.1) is 0 Å². The first-order valence-electron chi connectivity index (χ1n) is 7.46. The van der Waals surface area contributed by atoms with Gasteiger partial charge in [0.05, 0.1) is 15.8 Å². The minimum Gasteiger partial charge on any atom is -0.404 e. The summed E-state index contributed by atoms with van der Waals surface area (Å²) in [4.78, 5) is 11.6. The van der Waals surface area contributed by atoms with E-state index >= 15 is 0 Å². The van der Waals surface area contributed by atoms with Crippen molar-refractivity contribution >= 4 is 33.3 Å². The second kappa shape index (κ2) is 6.73. The summed E-state index contributed by atoms with van der Waals surface area (Å²) in [5, 5.41) is 5.84. The molecule has 0 aromatic heterocycles. The standard InChI is InChI=1S/C13H13ClF3N5O4S/c1-22-12(19-20-21-22)18-11(23)7-4-5-8(26-13(15,16)17)10(9(7)14)27(24,25)6-2-3-6/h4-6,20-21H,2-3H2,1H3,(H,18,19,23). The van der Waals surface area contributed by atoms with E-state index in [0.29, 0.717) is 12.8 Å². The molecule has 0 spiro atoms. The van der Waals surface area contributed by atoms with Crippen LogP contribution in [0.5, 0.6) is 5.75 Å². The molecular formula is C13H13ClF3N5O4S. The van der Waals surface area contributed by atoms with Crippen LogP contribution in [0.25, 0.3) is 0 Å². The molecule has 0 radical (unpaired) electrons. The number of nitrogens with zero attached hydrogens (tertiary/aromatic N) is 2. The van der Waals surface area contributed by atoms with E-state index in [2.05, 4.69) is 26.2 Å². The van der Waals surface area contributed by atoms with Crippen LogP contribution in [0.2, 0.25) is 5.02 Å². The van der Waals surface area contributed by atoms with Gasteiger partial charge in [0.25, 0.3) is 5.91 Å². The molecule has 0 atom stereocenters. The first-order chi connectivity index (χ1) is 12.5. The average molecular weight is 428 g/mol. The second-order valence-corrected chi connectivity index (χ2v) is 8.26. The number of ether oxygens (including phenoxy) is 1. The minimum absolute atomic E-state index is 0.0401. The molecule has 0 saturated heterocycles. The fourth-order valence-electron chi connectivity index (χ4n) is 2.29. The number of guanidine groups is 1. The van der Waals surface area contributed by atoms with Crippen LogP contribution in [0.3, 0.4) is 0 Å². The molecular weight excluding hydrogens is 415 g/mol. The molecule has 1 aliphatic carbocycles. The maximum atomic E-state index is 12.7. The molecule has 0 unspecified atom stereocenters. The lowest BCUT2D eigenvalue weighted by Crippen LogP contribution is -2.45. The number of amides is 1. The largest absolute Gasteiger partial charge is 0.573 e. The number of halogens is 4. The molecule has 9 nitrogen and oxygen atoms in total. The predicted molar refractivity (Wildman–Crippen MR) is 87.3 cm³/mol. The van der Waals surface area contributed by atoms with E-state index in [1.807, 2.05) is 0 Å². The normalized spacial score (nSPS) is 17.4. The molecule has 1 amide bonds. The van der Waals surface area contributed by atoms with Gasteiger partial charge in [-0.15, -0.1) is 23.8 Å². The van der Waals surface area contributed by atoms with Gasteiger partial charge < -0.3 is 4.74 Å². The minimum atomic E-state index is -5.13. The molecule has 2 aliphatic rings. The van der Waals surface area contributed by atoms with Gasteiger partial charge in [-0.3, -0.25) is 15.1 Å². The SMILES string of the molecule is CN1NNN=C1NC(=O)c1ccc(OC(F)(F)F)c(S(=O)(=O)C2CC2)c1Cl. The zero-order chi connectivity index (χ0) is 20.0. The molecule has 27 heavy (non-hydrogen) atoms. The summed E-state index contributed by atoms with van der Waals surface area (Å²) in [5.74, 6) is -1.80. The Hall–Kier alpha value is -2.25. The molecule has 14 heteroatoms. The van der Waals surface area contributed by atoms with Crippen molar-refractivity contribution < 1.29 is 31.1 Å². The number of benzene rings is 1. The Morgan fingerprint density at radius 1 is 1.41 bits per heavy atom. The van der Waals surface area contributed by atoms with Crippen LogP contribution in [-0.4, -0.2) is 44.0 Å². The lowest BCUT2D eigenvalue weighted by Gasteiger charge is -2.17. The third-order valence-corrected chi connectivity index (χ3v) is 6.53. The number of hydrazine groups is 2. The zero-order valence-electron chi connectivity index (χ0n) is 13.6. The number of rotatable bonds is 4. The summed E-state index contributed by atoms with van der Waals surface area (Å²) < 4.78 is 66.9. The van der Waals surface area contributed by atoms with Gasteiger partial charge in [-0.1, -0.05) is 11.6 Å². The van der Waals surface area contributed by atoms with Crippen LogP contribution in [0.4, 0.5) is 13.2 Å². The van der Waals surface area contributed by atoms with E-state index in [9.17, 15) is 26.4 Å². The lowest BCUT2D eigenvalue weighted by molar-refractivity contribution is -0.275. The monoisotopic (exact) mass is 427 g/mol. The van der Waals surface area contributed by atoms with Gasteiger partial charge in [0.1, 0.15) is 10.6 Å². The van der Waals surface area contributed by atoms with Gasteiger partial charge in [-0.25, -0.2) is 14.0 Å². The Morgan fingerprint density at radius 3 is 2.59 bits per heavy atom. The van der Waals surface area contributed by atoms with E-state index in [1.165, 1.54) is 12.1 Å². The zero-order valence-corrected chi connectivity index (χ0v) is 15.2. The van der Waals surface area contributed by atoms with Crippen molar-refractivity contribution in [1.82, 2.24) is 21.4 Å². The Labute approximate surface area is 156 Å². The Morgan fingerprint density at radius 2 is 2.07 bits per heavy atom. The average Bonchev–Trinajstić information content (AvgIpc) is 3.31. The third kappa shape index (κ3) is 4.04. The van der Waals surface area contributed by atoms with E-state index in [0.717, 1.165) is 12.1 Å². The molecule has 1 saturated carbocycles. The fraction of sp³-hybridized carbons (Fsp3) is 0.385. The maximum absolute atomic E-state index is 12.7. The van der Waals surface area contributed by atoms with Gasteiger partial charge in [-0.05, 0) is 25.0 Å². The number of alkyl halides is 3. The van der Waals surface area contributed by atoms with Crippen molar-refractivity contribution in [2.24, 2.45) is 5.10 Å². The molecule has 1 heterocycles. The highest BCUT2D eigenvalue weighted by atomic mass is 35.5. The molecule has 1 fully saturated rings. The molecule has 1 aromatic carbocycles. The molecule has 148 valence electrons. The predicted octanol–water partition coefficient (Wildman–Crippen LogP) is 1.13. The van der Waals surface area contributed by atoms with Crippen LogP contribution in [0.1, 0.15) is 23.2 Å². The van der Waals surface area contributed by atoms with Gasteiger partial charge in [0, 0.05) is 7.05 Å². The smallest absolute Gasteiger partial charge is 0.404 e. The highest BCUT2D eigenvalue weighted by Gasteiger charge is 2.43. The number of hydrazone groups is 1. The van der Waals surface area contributed by atoms with Gasteiger partial charge in [0.15, 0.2) is 9.84 Å². The molecule has 1 aromatic rings. The Bertz CT molecular complexity index is 917. The highest BCUT2D eigenvalue weighted by Crippen LogP contribution is 2.43. The first-order valence-corrected chi connectivity index (χ1v) is 9.38. The maximum Gasteiger partial charge on any atom is 0.573 e. The Kier molecular flexibility index (Phi) is 4.86. The number of carbonyl (C=O) groups excluding carboxylic acids is 1. The van der Waals surface area contributed by atoms with E-state index in [1.54, 1.807) is 0 Å². The van der Waals surface area contributed by atoms with Gasteiger partial charge >= 0.3 is 6.36 Å². The summed E-state index contributed by atoms with van der Waals surface area (Å²) in [6.45, 7) is 0. The van der Waals surface area contributed by atoms with Gasteiger partial charge in [0.2, 0.25) is 5.96 Å². The van der Waals surface area contributed by atoms with Crippen LogP contribution in [-0.2, 0) is 9.84 Å². The van der Waals surface area contributed by atoms with Crippen molar-refractivity contribution in [3.8, 4) is 5.75 Å². The number of hydrogen-bond acceptors (Lipinski definition) is 8. The van der Waals surface area contributed by atoms with Crippen molar-refractivity contribution in [3.63, 3.8) is 0 Å². The first kappa shape index (κ1) is 19.5. The molecule has 1 aliphatic heterocycles. The number of carbonyl (C=O) groups is 1. The molecule has 3 rings (SSSR count). The summed E-state index contributed by atoms with van der Waals surface area (Å²) in [6, 6.07) is 1.70. The van der Waals surface area contributed by atoms with E-state index in [4.69, 9.17) is 11.6 Å². The Balaban J connectivity index is 2.03. The third-order valence-electron chi connectivity index (χ3n) is 3.70. The number of hydrogen-bond donors (Lipinski definition) is 3. The lowest BCUT2D eigenvalue weighted by atomic mass is 10.2. The second-order valence-electron chi connectivity index (χ2n) is 5.72. The summed E-state index contributed by atoms with van der Waals surface area (Å²) >= 11 is 6.04. The summed E-state index contributed by atoms with van der Waals surface area (Å²) in [5.41, 5.74) is 4.55. The quantitative estimate of drug-likeness (QED) is 0.660. The van der Waals surface area contributed by atoms with Gasteiger partial charge in [-0.2, -0.15) is 0 Å². The van der Waals surface area contributed by atoms with Crippen LogP contribution in [0.15, 0.2) is 22.1 Å². The number of nitrogens with one attached hydrogen (secondary N) is 3. The van der Waals surface area contributed by atoms with Crippen molar-refractivity contribution in [2.75, 3.05) is 7.05 Å². The van der Waals surface area contributed by atoms with Crippen molar-refractivity contribution in [1.29, 1.82) is 0 Å². The molecule has 3 N–H and O–H groups in total. The molecule has 0 bridgehead atoms. The van der Waals surface area contributed by atoms with E-state index in [-0.39, 0.29) is 11.5 Å². The van der Waals surface area contributed by atoms with Crippen molar-refractivity contribution in [2.45, 2.75) is 29.3 Å². The topological polar surface area (TPSA) is 112 Å². The van der Waals surface area contributed by atoms with Crippen LogP contribution < -0.4 is 21.1 Å². The summed E-state index contributed by atoms with van der Waals surface area (Å²) in [6.07, 6.45) is -4.54. The highest BCUT2D eigenvalue weighted by molar-refractivity contribution is 7.92. The summed E-state index contributed by atoms with van der Waals surface area (Å²) in [7, 11) is -2.68. The fourth-order valence-corrected chi connectivity index (χ4v) is 4.69.